The Bertz CT molecular complexity index is 944. The third-order valence-corrected chi connectivity index (χ3v) is 6.24. The van der Waals surface area contributed by atoms with E-state index in [-0.39, 0.29) is 17.9 Å². The Morgan fingerprint density at radius 3 is 2.55 bits per heavy atom. The zero-order chi connectivity index (χ0) is 21.6. The van der Waals surface area contributed by atoms with Gasteiger partial charge in [0.05, 0.1) is 18.3 Å². The monoisotopic (exact) mass is 422 g/mol. The Kier molecular flexibility index (Phi) is 7.10. The highest BCUT2D eigenvalue weighted by molar-refractivity contribution is 5.57. The van der Waals surface area contributed by atoms with E-state index in [0.29, 0.717) is 12.2 Å². The fourth-order valence-corrected chi connectivity index (χ4v) is 4.51. The van der Waals surface area contributed by atoms with Crippen molar-refractivity contribution in [1.29, 1.82) is 0 Å². The van der Waals surface area contributed by atoms with Crippen LogP contribution in [0, 0.1) is 5.82 Å². The van der Waals surface area contributed by atoms with Crippen LogP contribution in [0.1, 0.15) is 56.7 Å². The number of β-amino-alcohol motifs (C(OH)–C–C–N with tert-alkyl or cyclic N) is 1. The van der Waals surface area contributed by atoms with Crippen molar-refractivity contribution in [3.8, 4) is 11.3 Å². The standard InChI is InChI=1S/C25H31FN4O/c1-2-3-4-8-15-29-18-25(31)24(16-23(29)20-9-6-5-7-10-20)30-17-22(27-28-30)19-11-13-21(26)14-12-19/h5-7,9-14,17,23-25,31H,2-4,8,15-16,18H2,1H3. The lowest BCUT2D eigenvalue weighted by Crippen LogP contribution is -2.46. The van der Waals surface area contributed by atoms with Crippen LogP contribution in [0.25, 0.3) is 11.3 Å². The number of hydrogen-bond donors (Lipinski definition) is 1. The molecule has 0 amide bonds. The van der Waals surface area contributed by atoms with E-state index in [4.69, 9.17) is 0 Å². The normalized spacial score (nSPS) is 22.0. The highest BCUT2D eigenvalue weighted by Crippen LogP contribution is 2.37. The van der Waals surface area contributed by atoms with Gasteiger partial charge in [0.1, 0.15) is 11.5 Å². The molecule has 0 saturated carbocycles. The quantitative estimate of drug-likeness (QED) is 0.518. The Balaban J connectivity index is 1.53. The van der Waals surface area contributed by atoms with E-state index in [0.717, 1.165) is 24.9 Å². The molecular formula is C25H31FN4O. The lowest BCUT2D eigenvalue weighted by atomic mass is 9.89. The van der Waals surface area contributed by atoms with Gasteiger partial charge in [-0.3, -0.25) is 4.90 Å². The Morgan fingerprint density at radius 1 is 1.03 bits per heavy atom. The summed E-state index contributed by atoms with van der Waals surface area (Å²) < 4.78 is 15.0. The van der Waals surface area contributed by atoms with Crippen molar-refractivity contribution < 1.29 is 9.50 Å². The molecule has 0 spiro atoms. The minimum Gasteiger partial charge on any atom is -0.390 e. The van der Waals surface area contributed by atoms with Crippen molar-refractivity contribution >= 4 is 0 Å². The molecule has 1 saturated heterocycles. The van der Waals surface area contributed by atoms with Gasteiger partial charge in [0.15, 0.2) is 0 Å². The van der Waals surface area contributed by atoms with Crippen LogP contribution >= 0.6 is 0 Å². The van der Waals surface area contributed by atoms with Crippen molar-refractivity contribution in [1.82, 2.24) is 19.9 Å². The Hall–Kier alpha value is -2.57. The first-order valence-corrected chi connectivity index (χ1v) is 11.3. The number of aromatic nitrogens is 3. The molecule has 1 aromatic heterocycles. The summed E-state index contributed by atoms with van der Waals surface area (Å²) >= 11 is 0. The average molecular weight is 423 g/mol. The van der Waals surface area contributed by atoms with Gasteiger partial charge in [-0.1, -0.05) is 61.7 Å². The molecule has 3 atom stereocenters. The van der Waals surface area contributed by atoms with Crippen LogP contribution < -0.4 is 0 Å². The maximum Gasteiger partial charge on any atom is 0.123 e. The highest BCUT2D eigenvalue weighted by Gasteiger charge is 2.36. The van der Waals surface area contributed by atoms with Crippen LogP contribution in [0.3, 0.4) is 0 Å². The van der Waals surface area contributed by atoms with Crippen LogP contribution in [0.15, 0.2) is 60.8 Å². The summed E-state index contributed by atoms with van der Waals surface area (Å²) in [7, 11) is 0. The third-order valence-electron chi connectivity index (χ3n) is 6.24. The number of rotatable bonds is 8. The molecule has 1 aliphatic heterocycles. The van der Waals surface area contributed by atoms with E-state index < -0.39 is 6.10 Å². The number of aliphatic hydroxyl groups is 1. The Morgan fingerprint density at radius 2 is 1.81 bits per heavy atom. The molecule has 3 aromatic rings. The van der Waals surface area contributed by atoms with Crippen molar-refractivity contribution in [2.24, 2.45) is 0 Å². The van der Waals surface area contributed by atoms with Gasteiger partial charge in [-0.2, -0.15) is 0 Å². The van der Waals surface area contributed by atoms with E-state index in [1.807, 2.05) is 12.3 Å². The van der Waals surface area contributed by atoms with Crippen LogP contribution in [0.5, 0.6) is 0 Å². The van der Waals surface area contributed by atoms with Crippen LogP contribution in [-0.4, -0.2) is 44.2 Å². The molecule has 4 rings (SSSR count). The SMILES string of the molecule is CCCCCCN1CC(O)C(n2cc(-c3ccc(F)cc3)nn2)CC1c1ccccc1. The van der Waals surface area contributed by atoms with Gasteiger partial charge in [-0.15, -0.1) is 5.10 Å². The van der Waals surface area contributed by atoms with Gasteiger partial charge >= 0.3 is 0 Å². The molecule has 5 nitrogen and oxygen atoms in total. The van der Waals surface area contributed by atoms with Crippen molar-refractivity contribution in [2.75, 3.05) is 13.1 Å². The zero-order valence-electron chi connectivity index (χ0n) is 18.1. The van der Waals surface area contributed by atoms with E-state index in [1.165, 1.54) is 37.0 Å². The highest BCUT2D eigenvalue weighted by atomic mass is 19.1. The number of unbranched alkanes of at least 4 members (excludes halogenated alkanes) is 3. The summed E-state index contributed by atoms with van der Waals surface area (Å²) in [6.45, 7) is 3.82. The molecule has 1 fully saturated rings. The van der Waals surface area contributed by atoms with Gasteiger partial charge < -0.3 is 5.11 Å². The van der Waals surface area contributed by atoms with Crippen molar-refractivity contribution in [3.05, 3.63) is 72.2 Å². The second-order valence-electron chi connectivity index (χ2n) is 8.44. The van der Waals surface area contributed by atoms with Gasteiger partial charge in [0.2, 0.25) is 0 Å². The topological polar surface area (TPSA) is 54.2 Å². The average Bonchev–Trinajstić information content (AvgIpc) is 3.28. The number of piperidine rings is 1. The third kappa shape index (κ3) is 5.20. The maximum absolute atomic E-state index is 13.2. The summed E-state index contributed by atoms with van der Waals surface area (Å²) in [6.07, 6.45) is 6.94. The van der Waals surface area contributed by atoms with Crippen molar-refractivity contribution in [2.45, 2.75) is 57.2 Å². The molecule has 2 aromatic carbocycles. The number of hydrogen-bond acceptors (Lipinski definition) is 4. The molecule has 6 heteroatoms. The first-order valence-electron chi connectivity index (χ1n) is 11.3. The molecule has 1 N–H and O–H groups in total. The summed E-state index contributed by atoms with van der Waals surface area (Å²) in [5.74, 6) is -0.274. The molecule has 0 bridgehead atoms. The lowest BCUT2D eigenvalue weighted by Gasteiger charge is -2.42. The van der Waals surface area contributed by atoms with Gasteiger partial charge in [0, 0.05) is 18.2 Å². The molecule has 164 valence electrons. The summed E-state index contributed by atoms with van der Waals surface area (Å²) in [4.78, 5) is 2.42. The minimum atomic E-state index is -0.520. The number of benzene rings is 2. The van der Waals surface area contributed by atoms with Crippen molar-refractivity contribution in [3.63, 3.8) is 0 Å². The van der Waals surface area contributed by atoms with Gasteiger partial charge in [0.25, 0.3) is 0 Å². The minimum absolute atomic E-state index is 0.154. The van der Waals surface area contributed by atoms with Crippen LogP contribution in [-0.2, 0) is 0 Å². The summed E-state index contributed by atoms with van der Waals surface area (Å²) in [6, 6.07) is 16.9. The molecule has 0 radical (unpaired) electrons. The second-order valence-corrected chi connectivity index (χ2v) is 8.44. The molecule has 1 aliphatic rings. The number of likely N-dealkylation sites (tertiary alicyclic amines) is 1. The van der Waals surface area contributed by atoms with E-state index in [1.54, 1.807) is 16.8 Å². The number of aliphatic hydroxyl groups excluding tert-OH is 1. The molecule has 0 aliphatic carbocycles. The first kappa shape index (κ1) is 21.7. The van der Waals surface area contributed by atoms with Crippen LogP contribution in [0.4, 0.5) is 4.39 Å². The predicted octanol–water partition coefficient (Wildman–Crippen LogP) is 5.01. The molecule has 3 unspecified atom stereocenters. The van der Waals surface area contributed by atoms with E-state index in [2.05, 4.69) is 46.4 Å². The summed E-state index contributed by atoms with van der Waals surface area (Å²) in [5.41, 5.74) is 2.77. The zero-order valence-corrected chi connectivity index (χ0v) is 18.1. The first-order chi connectivity index (χ1) is 15.2. The smallest absolute Gasteiger partial charge is 0.123 e. The largest absolute Gasteiger partial charge is 0.390 e. The molecule has 2 heterocycles. The van der Waals surface area contributed by atoms with E-state index in [9.17, 15) is 9.50 Å². The van der Waals surface area contributed by atoms with E-state index >= 15 is 0 Å². The second kappa shape index (κ2) is 10.2. The Labute approximate surface area is 183 Å². The van der Waals surface area contributed by atoms with Gasteiger partial charge in [-0.25, -0.2) is 9.07 Å². The fraction of sp³-hybridized carbons (Fsp3) is 0.440. The lowest BCUT2D eigenvalue weighted by molar-refractivity contribution is -0.0102. The number of halogens is 1. The molecular weight excluding hydrogens is 391 g/mol. The maximum atomic E-state index is 13.2. The fourth-order valence-electron chi connectivity index (χ4n) is 4.51. The van der Waals surface area contributed by atoms with Crippen LogP contribution in [0.2, 0.25) is 0 Å². The summed E-state index contributed by atoms with van der Waals surface area (Å²) in [5, 5.41) is 19.6. The number of nitrogens with zero attached hydrogens (tertiary/aromatic N) is 4. The predicted molar refractivity (Wildman–Crippen MR) is 120 cm³/mol. The van der Waals surface area contributed by atoms with Gasteiger partial charge in [-0.05, 0) is 49.2 Å². The molecule has 31 heavy (non-hydrogen) atoms.